The Kier molecular flexibility index (Phi) is 3.50. The maximum absolute atomic E-state index is 9.93. The van der Waals surface area contributed by atoms with Crippen LogP contribution in [0, 0.1) is 0 Å². The standard InChI is InChI=1S/C3H4Cl2O3S/c4-3(5)1-2-9(6,7)8/h1H,2H2,(H,6,7,8). The smallest absolute Gasteiger partial charge is 0.268 e. The van der Waals surface area contributed by atoms with Crippen LogP contribution in [0.2, 0.25) is 0 Å². The van der Waals surface area contributed by atoms with Gasteiger partial charge in [0.15, 0.2) is 0 Å². The van der Waals surface area contributed by atoms with Crippen LogP contribution >= 0.6 is 23.2 Å². The maximum Gasteiger partial charge on any atom is 0.268 e. The molecule has 1 N–H and O–H groups in total. The van der Waals surface area contributed by atoms with E-state index < -0.39 is 15.9 Å². The fourth-order valence-corrected chi connectivity index (χ4v) is 0.883. The van der Waals surface area contributed by atoms with Gasteiger partial charge in [-0.05, 0) is 6.08 Å². The minimum atomic E-state index is -3.96. The number of hydrogen-bond acceptors (Lipinski definition) is 2. The van der Waals surface area contributed by atoms with Crippen LogP contribution in [0.25, 0.3) is 0 Å². The lowest BCUT2D eigenvalue weighted by atomic mass is 10.8. The Balaban J connectivity index is 3.95. The van der Waals surface area contributed by atoms with E-state index in [1.807, 2.05) is 0 Å². The molecule has 0 rings (SSSR count). The van der Waals surface area contributed by atoms with Gasteiger partial charge in [-0.2, -0.15) is 8.42 Å². The summed E-state index contributed by atoms with van der Waals surface area (Å²) in [5.41, 5.74) is 0. The molecule has 0 saturated heterocycles. The summed E-state index contributed by atoms with van der Waals surface area (Å²) >= 11 is 10.1. The first kappa shape index (κ1) is 9.23. The second-order valence-corrected chi connectivity index (χ2v) is 3.75. The highest BCUT2D eigenvalue weighted by molar-refractivity contribution is 7.85. The molecule has 0 aromatic heterocycles. The topological polar surface area (TPSA) is 54.4 Å². The Hall–Kier alpha value is 0.230. The Labute approximate surface area is 63.0 Å². The molecular formula is C3H4Cl2O3S. The van der Waals surface area contributed by atoms with E-state index in [9.17, 15) is 8.42 Å². The van der Waals surface area contributed by atoms with E-state index in [0.717, 1.165) is 6.08 Å². The summed E-state index contributed by atoms with van der Waals surface area (Å²) in [4.78, 5) is 0. The molecule has 0 aliphatic heterocycles. The predicted octanol–water partition coefficient (Wildman–Crippen LogP) is 1.19. The maximum atomic E-state index is 9.93. The van der Waals surface area contributed by atoms with Crippen molar-refractivity contribution >= 4 is 33.3 Å². The van der Waals surface area contributed by atoms with Crippen LogP contribution in [-0.2, 0) is 10.1 Å². The molecule has 0 saturated carbocycles. The Bertz CT molecular complexity index is 201. The van der Waals surface area contributed by atoms with Crippen molar-refractivity contribution in [1.29, 1.82) is 0 Å². The molecule has 0 aromatic rings. The van der Waals surface area contributed by atoms with Crippen LogP contribution < -0.4 is 0 Å². The fraction of sp³-hybridized carbons (Fsp3) is 0.333. The second kappa shape index (κ2) is 3.41. The van der Waals surface area contributed by atoms with Gasteiger partial charge in [0.2, 0.25) is 0 Å². The first-order chi connectivity index (χ1) is 3.92. The van der Waals surface area contributed by atoms with Gasteiger partial charge >= 0.3 is 0 Å². The summed E-state index contributed by atoms with van der Waals surface area (Å²) in [6, 6.07) is 0. The Morgan fingerprint density at radius 3 is 2.11 bits per heavy atom. The lowest BCUT2D eigenvalue weighted by Crippen LogP contribution is -2.00. The molecule has 0 fully saturated rings. The van der Waals surface area contributed by atoms with Crippen molar-refractivity contribution < 1.29 is 13.0 Å². The van der Waals surface area contributed by atoms with Gasteiger partial charge in [-0.1, -0.05) is 23.2 Å². The summed E-state index contributed by atoms with van der Waals surface area (Å²) in [5.74, 6) is -0.546. The van der Waals surface area contributed by atoms with E-state index in [1.165, 1.54) is 0 Å². The molecule has 0 unspecified atom stereocenters. The molecule has 54 valence electrons. The van der Waals surface area contributed by atoms with Gasteiger partial charge in [0.25, 0.3) is 10.1 Å². The quantitative estimate of drug-likeness (QED) is 0.667. The zero-order valence-corrected chi connectivity index (χ0v) is 6.54. The Morgan fingerprint density at radius 2 is 2.00 bits per heavy atom. The first-order valence-electron chi connectivity index (χ1n) is 1.88. The number of halogens is 2. The lowest BCUT2D eigenvalue weighted by Gasteiger charge is -1.85. The fourth-order valence-electron chi connectivity index (χ4n) is 0.168. The summed E-state index contributed by atoms with van der Waals surface area (Å²) < 4.78 is 27.8. The van der Waals surface area contributed by atoms with E-state index in [-0.39, 0.29) is 4.49 Å². The number of hydrogen-bond donors (Lipinski definition) is 1. The highest BCUT2D eigenvalue weighted by Gasteiger charge is 1.99. The molecule has 0 amide bonds. The molecule has 0 spiro atoms. The number of rotatable bonds is 2. The van der Waals surface area contributed by atoms with Crippen molar-refractivity contribution in [2.45, 2.75) is 0 Å². The van der Waals surface area contributed by atoms with Gasteiger partial charge in [0.05, 0.1) is 5.75 Å². The van der Waals surface area contributed by atoms with Crippen LogP contribution in [0.1, 0.15) is 0 Å². The lowest BCUT2D eigenvalue weighted by molar-refractivity contribution is 0.487. The molecule has 0 heterocycles. The summed E-state index contributed by atoms with van der Waals surface area (Å²) in [7, 11) is -3.96. The van der Waals surface area contributed by atoms with Crippen molar-refractivity contribution in [3.05, 3.63) is 10.6 Å². The zero-order valence-electron chi connectivity index (χ0n) is 4.21. The van der Waals surface area contributed by atoms with Gasteiger partial charge in [-0.15, -0.1) is 0 Å². The second-order valence-electron chi connectivity index (χ2n) is 1.24. The molecule has 0 aliphatic rings. The molecule has 0 atom stereocenters. The van der Waals surface area contributed by atoms with Gasteiger partial charge in [-0.25, -0.2) is 0 Å². The molecule has 0 radical (unpaired) electrons. The van der Waals surface area contributed by atoms with Crippen molar-refractivity contribution in [2.24, 2.45) is 0 Å². The molecule has 0 aliphatic carbocycles. The van der Waals surface area contributed by atoms with Gasteiger partial charge in [0, 0.05) is 0 Å². The van der Waals surface area contributed by atoms with E-state index in [0.29, 0.717) is 0 Å². The average Bonchev–Trinajstić information content (AvgIpc) is 1.59. The van der Waals surface area contributed by atoms with Gasteiger partial charge in [0.1, 0.15) is 4.49 Å². The van der Waals surface area contributed by atoms with Gasteiger partial charge < -0.3 is 0 Å². The zero-order chi connectivity index (χ0) is 7.49. The van der Waals surface area contributed by atoms with E-state index in [1.54, 1.807) is 0 Å². The van der Waals surface area contributed by atoms with Crippen LogP contribution in [0.3, 0.4) is 0 Å². The summed E-state index contributed by atoms with van der Waals surface area (Å²) in [6.07, 6.45) is 0.985. The van der Waals surface area contributed by atoms with Crippen molar-refractivity contribution in [3.63, 3.8) is 0 Å². The minimum absolute atomic E-state index is 0.173. The van der Waals surface area contributed by atoms with Crippen LogP contribution in [0.15, 0.2) is 10.6 Å². The third kappa shape index (κ3) is 8.23. The largest absolute Gasteiger partial charge is 0.285 e. The Morgan fingerprint density at radius 1 is 1.56 bits per heavy atom. The first-order valence-corrected chi connectivity index (χ1v) is 4.24. The van der Waals surface area contributed by atoms with Crippen molar-refractivity contribution in [2.75, 3.05) is 5.75 Å². The van der Waals surface area contributed by atoms with Crippen LogP contribution in [0.4, 0.5) is 0 Å². The van der Waals surface area contributed by atoms with Crippen molar-refractivity contribution in [3.8, 4) is 0 Å². The summed E-state index contributed by atoms with van der Waals surface area (Å²) in [5, 5.41) is 0. The van der Waals surface area contributed by atoms with Crippen LogP contribution in [-0.4, -0.2) is 18.7 Å². The third-order valence-corrected chi connectivity index (χ3v) is 1.34. The van der Waals surface area contributed by atoms with E-state index >= 15 is 0 Å². The molecule has 0 bridgehead atoms. The monoisotopic (exact) mass is 190 g/mol. The minimum Gasteiger partial charge on any atom is -0.285 e. The normalized spacial score (nSPS) is 11.0. The molecule has 9 heavy (non-hydrogen) atoms. The third-order valence-electron chi connectivity index (χ3n) is 0.448. The SMILES string of the molecule is O=S(=O)(O)CC=C(Cl)Cl. The highest BCUT2D eigenvalue weighted by Crippen LogP contribution is 2.05. The van der Waals surface area contributed by atoms with Gasteiger partial charge in [-0.3, -0.25) is 4.55 Å². The van der Waals surface area contributed by atoms with Crippen LogP contribution in [0.5, 0.6) is 0 Å². The highest BCUT2D eigenvalue weighted by atomic mass is 35.5. The molecule has 3 nitrogen and oxygen atoms in total. The molecule has 6 heteroatoms. The van der Waals surface area contributed by atoms with Crippen molar-refractivity contribution in [1.82, 2.24) is 0 Å². The predicted molar refractivity (Wildman–Crippen MR) is 36.2 cm³/mol. The van der Waals surface area contributed by atoms with E-state index in [2.05, 4.69) is 0 Å². The molecule has 0 aromatic carbocycles. The summed E-state index contributed by atoms with van der Waals surface area (Å²) in [6.45, 7) is 0. The molecular weight excluding hydrogens is 187 g/mol. The van der Waals surface area contributed by atoms with E-state index in [4.69, 9.17) is 27.8 Å². The average molecular weight is 191 g/mol.